The molecule has 0 bridgehead atoms. The summed E-state index contributed by atoms with van der Waals surface area (Å²) in [5, 5.41) is 11.0. The number of hydrogen-bond acceptors (Lipinski definition) is 2. The van der Waals surface area contributed by atoms with Crippen LogP contribution in [0.5, 0.6) is 0 Å². The van der Waals surface area contributed by atoms with Crippen molar-refractivity contribution in [2.24, 2.45) is 0 Å². The van der Waals surface area contributed by atoms with Crippen LogP contribution in [-0.4, -0.2) is 10.1 Å². The van der Waals surface area contributed by atoms with E-state index in [0.717, 1.165) is 5.56 Å². The van der Waals surface area contributed by atoms with E-state index in [4.69, 9.17) is 0 Å². The van der Waals surface area contributed by atoms with E-state index in [1.807, 2.05) is 37.3 Å². The highest BCUT2D eigenvalue weighted by molar-refractivity contribution is 5.35. The zero-order valence-electron chi connectivity index (χ0n) is 12.7. The van der Waals surface area contributed by atoms with Gasteiger partial charge in [0.05, 0.1) is 5.69 Å². The van der Waals surface area contributed by atoms with Gasteiger partial charge >= 0.3 is 0 Å². The summed E-state index contributed by atoms with van der Waals surface area (Å²) < 4.78 is 0. The molecule has 1 aromatic carbocycles. The van der Waals surface area contributed by atoms with E-state index in [9.17, 15) is 5.11 Å². The minimum Gasteiger partial charge on any atom is -0.379 e. The molecule has 106 valence electrons. The second kappa shape index (κ2) is 5.37. The highest BCUT2D eigenvalue weighted by Gasteiger charge is 2.31. The van der Waals surface area contributed by atoms with Gasteiger partial charge in [-0.05, 0) is 35.1 Å². The lowest BCUT2D eigenvalue weighted by molar-refractivity contribution is 0.0719. The number of nitrogens with zero attached hydrogens (tertiary/aromatic N) is 1. The Balaban J connectivity index is 2.43. The predicted octanol–water partition coefficient (Wildman–Crippen LogP) is 4.03. The van der Waals surface area contributed by atoms with Crippen LogP contribution >= 0.6 is 0 Å². The van der Waals surface area contributed by atoms with E-state index in [1.165, 1.54) is 5.56 Å². The molecule has 1 N–H and O–H groups in total. The molecule has 2 nitrogen and oxygen atoms in total. The molecule has 0 radical (unpaired) electrons. The molecule has 1 atom stereocenters. The predicted molar refractivity (Wildman–Crippen MR) is 82.7 cm³/mol. The summed E-state index contributed by atoms with van der Waals surface area (Å²) in [5.41, 5.74) is 1.96. The van der Waals surface area contributed by atoms with Gasteiger partial charge in [-0.15, -0.1) is 0 Å². The maximum Gasteiger partial charge on any atom is 0.131 e. The van der Waals surface area contributed by atoms with Crippen molar-refractivity contribution in [2.45, 2.75) is 45.1 Å². The molecule has 1 unspecified atom stereocenters. The topological polar surface area (TPSA) is 33.1 Å². The van der Waals surface area contributed by atoms with Crippen molar-refractivity contribution in [1.29, 1.82) is 0 Å². The summed E-state index contributed by atoms with van der Waals surface area (Å²) in [6.45, 7) is 8.54. The van der Waals surface area contributed by atoms with E-state index in [1.54, 1.807) is 6.20 Å². The van der Waals surface area contributed by atoms with Crippen LogP contribution in [0.15, 0.2) is 48.7 Å². The fourth-order valence-electron chi connectivity index (χ4n) is 2.39. The largest absolute Gasteiger partial charge is 0.379 e. The van der Waals surface area contributed by atoms with Crippen molar-refractivity contribution in [2.75, 3.05) is 0 Å². The third kappa shape index (κ3) is 2.75. The summed E-state index contributed by atoms with van der Waals surface area (Å²) in [7, 11) is 0. The van der Waals surface area contributed by atoms with Gasteiger partial charge in [-0.3, -0.25) is 4.98 Å². The first kappa shape index (κ1) is 14.7. The average Bonchev–Trinajstić information content (AvgIpc) is 2.46. The monoisotopic (exact) mass is 269 g/mol. The highest BCUT2D eigenvalue weighted by atomic mass is 16.3. The Kier molecular flexibility index (Phi) is 3.96. The van der Waals surface area contributed by atoms with Gasteiger partial charge in [0, 0.05) is 6.20 Å². The lowest BCUT2D eigenvalue weighted by Gasteiger charge is -2.28. The Morgan fingerprint density at radius 3 is 2.00 bits per heavy atom. The first-order valence-corrected chi connectivity index (χ1v) is 7.13. The molecular formula is C18H23NO. The molecule has 0 aliphatic rings. The Labute approximate surface area is 121 Å². The Bertz CT molecular complexity index is 554. The second-order valence-corrected chi connectivity index (χ2v) is 6.26. The fraction of sp³-hybridized carbons (Fsp3) is 0.389. The molecule has 0 saturated heterocycles. The van der Waals surface area contributed by atoms with Gasteiger partial charge in [0.1, 0.15) is 5.60 Å². The van der Waals surface area contributed by atoms with Gasteiger partial charge in [-0.1, -0.05) is 58.0 Å². The zero-order valence-corrected chi connectivity index (χ0v) is 12.7. The number of aliphatic hydroxyl groups is 1. The van der Waals surface area contributed by atoms with Crippen LogP contribution in [0, 0.1) is 0 Å². The van der Waals surface area contributed by atoms with E-state index < -0.39 is 5.60 Å². The molecule has 2 aromatic rings. The van der Waals surface area contributed by atoms with Gasteiger partial charge in [0.25, 0.3) is 0 Å². The SMILES string of the molecule is CCC(O)(c1ccc(C(C)(C)C)cc1)c1ccccn1. The first-order valence-electron chi connectivity index (χ1n) is 7.13. The molecule has 0 spiro atoms. The molecule has 0 saturated carbocycles. The lowest BCUT2D eigenvalue weighted by atomic mass is 9.83. The van der Waals surface area contributed by atoms with Crippen molar-refractivity contribution < 1.29 is 5.11 Å². The van der Waals surface area contributed by atoms with Crippen molar-refractivity contribution in [3.8, 4) is 0 Å². The molecule has 0 aliphatic carbocycles. The van der Waals surface area contributed by atoms with Crippen LogP contribution in [0.4, 0.5) is 0 Å². The summed E-state index contributed by atoms with van der Waals surface area (Å²) in [6, 6.07) is 13.9. The van der Waals surface area contributed by atoms with Crippen LogP contribution in [0.1, 0.15) is 50.9 Å². The average molecular weight is 269 g/mol. The van der Waals surface area contributed by atoms with Gasteiger partial charge in [-0.25, -0.2) is 0 Å². The maximum atomic E-state index is 11.0. The van der Waals surface area contributed by atoms with Crippen LogP contribution in [0.2, 0.25) is 0 Å². The van der Waals surface area contributed by atoms with Gasteiger partial charge < -0.3 is 5.11 Å². The summed E-state index contributed by atoms with van der Waals surface area (Å²) in [4.78, 5) is 4.32. The standard InChI is InChI=1S/C18H23NO/c1-5-18(20,16-8-6-7-13-19-16)15-11-9-14(10-12-15)17(2,3)4/h6-13,20H,5H2,1-4H3. The van der Waals surface area contributed by atoms with E-state index in [0.29, 0.717) is 12.1 Å². The van der Waals surface area contributed by atoms with Crippen molar-refractivity contribution in [3.63, 3.8) is 0 Å². The van der Waals surface area contributed by atoms with E-state index in [-0.39, 0.29) is 5.41 Å². The van der Waals surface area contributed by atoms with Gasteiger partial charge in [0.15, 0.2) is 0 Å². The minimum atomic E-state index is -1.02. The highest BCUT2D eigenvalue weighted by Crippen LogP contribution is 2.33. The fourth-order valence-corrected chi connectivity index (χ4v) is 2.39. The minimum absolute atomic E-state index is 0.119. The summed E-state index contributed by atoms with van der Waals surface area (Å²) in [5.74, 6) is 0. The smallest absolute Gasteiger partial charge is 0.131 e. The molecule has 0 aliphatic heterocycles. The Morgan fingerprint density at radius 2 is 1.55 bits per heavy atom. The third-order valence-electron chi connectivity index (χ3n) is 3.83. The van der Waals surface area contributed by atoms with Crippen LogP contribution in [-0.2, 0) is 11.0 Å². The normalized spacial score (nSPS) is 14.8. The molecule has 1 aromatic heterocycles. The number of aromatic nitrogens is 1. The third-order valence-corrected chi connectivity index (χ3v) is 3.83. The second-order valence-electron chi connectivity index (χ2n) is 6.26. The molecule has 20 heavy (non-hydrogen) atoms. The molecule has 0 amide bonds. The Morgan fingerprint density at radius 1 is 0.950 bits per heavy atom. The first-order chi connectivity index (χ1) is 9.38. The van der Waals surface area contributed by atoms with Gasteiger partial charge in [0.2, 0.25) is 0 Å². The van der Waals surface area contributed by atoms with Crippen LogP contribution < -0.4 is 0 Å². The molecule has 1 heterocycles. The maximum absolute atomic E-state index is 11.0. The van der Waals surface area contributed by atoms with Crippen LogP contribution in [0.25, 0.3) is 0 Å². The molecule has 0 fully saturated rings. The van der Waals surface area contributed by atoms with Crippen molar-refractivity contribution >= 4 is 0 Å². The van der Waals surface area contributed by atoms with Crippen LogP contribution in [0.3, 0.4) is 0 Å². The Hall–Kier alpha value is -1.67. The zero-order chi connectivity index (χ0) is 14.8. The number of hydrogen-bond donors (Lipinski definition) is 1. The van der Waals surface area contributed by atoms with Gasteiger partial charge in [-0.2, -0.15) is 0 Å². The molecule has 2 rings (SSSR count). The lowest BCUT2D eigenvalue weighted by Crippen LogP contribution is -2.27. The number of benzene rings is 1. The number of pyridine rings is 1. The molecule has 2 heteroatoms. The van der Waals surface area contributed by atoms with Crippen molar-refractivity contribution in [1.82, 2.24) is 4.98 Å². The molecular weight excluding hydrogens is 246 g/mol. The van der Waals surface area contributed by atoms with E-state index >= 15 is 0 Å². The van der Waals surface area contributed by atoms with Crippen molar-refractivity contribution in [3.05, 3.63) is 65.5 Å². The summed E-state index contributed by atoms with van der Waals surface area (Å²) >= 11 is 0. The van der Waals surface area contributed by atoms with E-state index in [2.05, 4.69) is 37.9 Å². The number of rotatable bonds is 3. The quantitative estimate of drug-likeness (QED) is 0.912. The summed E-state index contributed by atoms with van der Waals surface area (Å²) in [6.07, 6.45) is 2.32.